The van der Waals surface area contributed by atoms with Crippen molar-refractivity contribution in [3.8, 4) is 11.1 Å². The van der Waals surface area contributed by atoms with Gasteiger partial charge in [-0.3, -0.25) is 29.1 Å². The number of carbonyl (C=O) groups excluding carboxylic acids is 5. The molecule has 0 aliphatic heterocycles. The van der Waals surface area contributed by atoms with Crippen molar-refractivity contribution in [1.29, 1.82) is 0 Å². The number of ether oxygens (including phenoxy) is 2. The van der Waals surface area contributed by atoms with Crippen LogP contribution in [0.5, 0.6) is 0 Å². The number of aryl methyl sites for hydroxylation is 1. The number of amides is 3. The van der Waals surface area contributed by atoms with Crippen molar-refractivity contribution < 1.29 is 36.3 Å². The van der Waals surface area contributed by atoms with Crippen molar-refractivity contribution in [2.24, 2.45) is 17.8 Å². The first-order valence-corrected chi connectivity index (χ1v) is 20.8. The van der Waals surface area contributed by atoms with E-state index in [0.29, 0.717) is 11.4 Å². The first kappa shape index (κ1) is 48.3. The van der Waals surface area contributed by atoms with E-state index >= 15 is 0 Å². The Labute approximate surface area is 353 Å². The highest BCUT2D eigenvalue weighted by molar-refractivity contribution is 6.05. The third-order valence-electron chi connectivity index (χ3n) is 9.52. The van der Waals surface area contributed by atoms with Crippen LogP contribution >= 0.6 is 0 Å². The molecule has 59 heavy (non-hydrogen) atoms. The Balaban J connectivity index is 0.000000691. The molecule has 0 spiro atoms. The van der Waals surface area contributed by atoms with Crippen LogP contribution in [0.15, 0.2) is 55.1 Å². The van der Waals surface area contributed by atoms with Crippen LogP contribution in [0.3, 0.4) is 0 Å². The molecule has 1 saturated carbocycles. The van der Waals surface area contributed by atoms with Crippen LogP contribution in [0.2, 0.25) is 0 Å². The molecule has 13 nitrogen and oxygen atoms in total. The van der Waals surface area contributed by atoms with Gasteiger partial charge in [0.05, 0.1) is 29.6 Å². The van der Waals surface area contributed by atoms with Gasteiger partial charge in [0, 0.05) is 32.6 Å². The number of anilines is 1. The largest absolute Gasteiger partial charge is 0.444 e. The Kier molecular flexibility index (Phi) is 18.3. The van der Waals surface area contributed by atoms with E-state index in [1.165, 1.54) is 17.6 Å². The summed E-state index contributed by atoms with van der Waals surface area (Å²) in [5, 5.41) is 5.74. The summed E-state index contributed by atoms with van der Waals surface area (Å²) in [6.07, 6.45) is 10.4. The molecule has 0 saturated heterocycles. The summed E-state index contributed by atoms with van der Waals surface area (Å²) < 4.78 is 11.0. The highest BCUT2D eigenvalue weighted by atomic mass is 16.6. The van der Waals surface area contributed by atoms with E-state index in [4.69, 9.17) is 9.47 Å². The van der Waals surface area contributed by atoms with Gasteiger partial charge >= 0.3 is 6.09 Å². The molecule has 1 aromatic carbocycles. The second-order valence-corrected chi connectivity index (χ2v) is 17.7. The molecule has 3 aromatic rings. The Bertz CT molecular complexity index is 1870. The molecule has 1 atom stereocenters. The maximum absolute atomic E-state index is 13.2. The van der Waals surface area contributed by atoms with Gasteiger partial charge < -0.3 is 20.1 Å². The minimum atomic E-state index is -0.750. The number of nitrogens with zero attached hydrogens (tertiary/aromatic N) is 4. The summed E-state index contributed by atoms with van der Waals surface area (Å²) in [5.74, 6) is -0.819. The fourth-order valence-electron chi connectivity index (χ4n) is 6.39. The summed E-state index contributed by atoms with van der Waals surface area (Å²) in [6, 6.07) is 11.1. The Morgan fingerprint density at radius 3 is 2.14 bits per heavy atom. The van der Waals surface area contributed by atoms with E-state index in [1.54, 1.807) is 59.1 Å². The van der Waals surface area contributed by atoms with Crippen molar-refractivity contribution in [2.75, 3.05) is 18.5 Å². The van der Waals surface area contributed by atoms with E-state index in [1.807, 2.05) is 52.8 Å². The molecule has 13 heteroatoms. The number of aromatic nitrogens is 3. The summed E-state index contributed by atoms with van der Waals surface area (Å²) >= 11 is 0. The Hall–Kier alpha value is -5.04. The van der Waals surface area contributed by atoms with Gasteiger partial charge in [0.15, 0.2) is 11.6 Å². The van der Waals surface area contributed by atoms with Crippen molar-refractivity contribution in [3.05, 3.63) is 72.1 Å². The van der Waals surface area contributed by atoms with Crippen molar-refractivity contribution in [2.45, 2.75) is 138 Å². The number of rotatable bonds is 15. The molecule has 1 aliphatic carbocycles. The van der Waals surface area contributed by atoms with Gasteiger partial charge in [-0.15, -0.1) is 0 Å². The number of pyridine rings is 1. The lowest BCUT2D eigenvalue weighted by Gasteiger charge is -2.31. The molecule has 1 fully saturated rings. The second kappa shape index (κ2) is 22.4. The molecule has 326 valence electrons. The van der Waals surface area contributed by atoms with Crippen LogP contribution in [0.4, 0.5) is 10.5 Å². The van der Waals surface area contributed by atoms with E-state index in [0.717, 1.165) is 48.8 Å². The fraction of sp³-hybridized carbons (Fsp3) is 0.565. The topological polar surface area (TPSA) is 170 Å². The summed E-state index contributed by atoms with van der Waals surface area (Å²) in [4.78, 5) is 77.3. The van der Waals surface area contributed by atoms with Gasteiger partial charge in [0.1, 0.15) is 30.8 Å². The molecule has 1 aliphatic rings. The molecular weight excluding hydrogens is 749 g/mol. The van der Waals surface area contributed by atoms with E-state index in [-0.39, 0.29) is 75.1 Å². The Morgan fingerprint density at radius 2 is 1.56 bits per heavy atom. The van der Waals surface area contributed by atoms with Gasteiger partial charge in [-0.1, -0.05) is 78.1 Å². The van der Waals surface area contributed by atoms with Crippen LogP contribution < -0.4 is 10.6 Å². The van der Waals surface area contributed by atoms with Gasteiger partial charge in [-0.2, -0.15) is 0 Å². The van der Waals surface area contributed by atoms with Crippen LogP contribution in [0.25, 0.3) is 11.1 Å². The zero-order valence-corrected chi connectivity index (χ0v) is 37.0. The molecule has 2 N–H and O–H groups in total. The predicted octanol–water partition coefficient (Wildman–Crippen LogP) is 8.90. The smallest absolute Gasteiger partial charge is 0.411 e. The van der Waals surface area contributed by atoms with Crippen molar-refractivity contribution >= 4 is 35.2 Å². The van der Waals surface area contributed by atoms with Crippen LogP contribution in [0.1, 0.15) is 133 Å². The molecule has 3 amide bonds. The predicted molar refractivity (Wildman–Crippen MR) is 234 cm³/mol. The Morgan fingerprint density at radius 1 is 0.864 bits per heavy atom. The third kappa shape index (κ3) is 16.6. The lowest BCUT2D eigenvalue weighted by atomic mass is 9.80. The first-order valence-electron chi connectivity index (χ1n) is 20.8. The molecule has 2 aromatic heterocycles. The molecule has 0 unspecified atom stereocenters. The zero-order valence-electron chi connectivity index (χ0n) is 37.0. The number of nitrogens with one attached hydrogen (secondary N) is 2. The minimum Gasteiger partial charge on any atom is -0.444 e. The molecule has 0 bridgehead atoms. The van der Waals surface area contributed by atoms with Crippen LogP contribution in [-0.4, -0.2) is 79.7 Å². The number of Topliss-reactive ketones (excluding diaryl/α,β-unsaturated/α-hetero) is 2. The minimum absolute atomic E-state index is 0. The first-order chi connectivity index (χ1) is 27.7. The van der Waals surface area contributed by atoms with Gasteiger partial charge in [-0.05, 0) is 90.0 Å². The fourth-order valence-corrected chi connectivity index (χ4v) is 6.39. The molecular formula is C46H70N6O7. The summed E-state index contributed by atoms with van der Waals surface area (Å²) in [6.45, 7) is 20.2. The maximum Gasteiger partial charge on any atom is 0.411 e. The lowest BCUT2D eigenvalue weighted by molar-refractivity contribution is -0.136. The zero-order chi connectivity index (χ0) is 43.9. The lowest BCUT2D eigenvalue weighted by Crippen LogP contribution is -2.49. The molecule has 2 heterocycles. The van der Waals surface area contributed by atoms with Gasteiger partial charge in [-0.25, -0.2) is 14.8 Å². The number of carbonyl (C=O) groups is 5. The monoisotopic (exact) mass is 819 g/mol. The van der Waals surface area contributed by atoms with Gasteiger partial charge in [0.25, 0.3) is 0 Å². The van der Waals surface area contributed by atoms with E-state index < -0.39 is 17.6 Å². The highest BCUT2D eigenvalue weighted by Gasteiger charge is 2.32. The van der Waals surface area contributed by atoms with Gasteiger partial charge in [0.2, 0.25) is 11.8 Å². The van der Waals surface area contributed by atoms with Crippen molar-refractivity contribution in [3.63, 3.8) is 0 Å². The standard InChI is InChI=1S/C29H35N5O4.C17H31NO3.2H2/c1-7-20-9-8-10-21(13-20)22-14-24(26(31-15-22)27(36)19(2)3)33-25(35)17-34(28(37)38-29(4,5)6)16-23-11-12-30-18-32-23;1-12(2)16(20)15(13-9-7-6-8-10-13)18-14(19)11-21-17(3,4)5;;/h8-15,18-19H,7,16-17H2,1-6H3,(H,33,35);12-13,15H,6-11H2,1-5H3,(H,18,19);2*1H/t;15-;;/m.1../s1. The summed E-state index contributed by atoms with van der Waals surface area (Å²) in [7, 11) is 0. The SMILES string of the molecule is CC(C)C(=O)[C@H](NC(=O)COC(C)(C)C)C1CCCCC1.CCc1cccc(-c2cnc(C(=O)C(C)C)c(NC(=O)CN(Cc3ccncn3)C(=O)OC(C)(C)C)c2)c1.[HH].[HH]. The number of ketones is 2. The average Bonchev–Trinajstić information content (AvgIpc) is 3.18. The van der Waals surface area contributed by atoms with Crippen molar-refractivity contribution in [1.82, 2.24) is 25.2 Å². The highest BCUT2D eigenvalue weighted by Crippen LogP contribution is 2.29. The van der Waals surface area contributed by atoms with Crippen LogP contribution in [-0.2, 0) is 36.8 Å². The molecule has 0 radical (unpaired) electrons. The number of hydrogen-bond donors (Lipinski definition) is 2. The quantitative estimate of drug-likeness (QED) is 0.141. The number of benzene rings is 1. The maximum atomic E-state index is 13.2. The average molecular weight is 819 g/mol. The third-order valence-corrected chi connectivity index (χ3v) is 9.52. The second-order valence-electron chi connectivity index (χ2n) is 17.7. The normalized spacial score (nSPS) is 13.8. The molecule has 4 rings (SSSR count). The number of hydrogen-bond acceptors (Lipinski definition) is 10. The summed E-state index contributed by atoms with van der Waals surface area (Å²) in [5.41, 5.74) is 2.76. The van der Waals surface area contributed by atoms with E-state index in [2.05, 4.69) is 38.6 Å². The van der Waals surface area contributed by atoms with E-state index in [9.17, 15) is 24.0 Å². The van der Waals surface area contributed by atoms with Crippen LogP contribution in [0, 0.1) is 17.8 Å².